The van der Waals surface area contributed by atoms with Crippen molar-refractivity contribution in [2.45, 2.75) is 30.2 Å². The molecule has 0 N–H and O–H groups in total. The molecule has 2 aliphatic rings. The topological polar surface area (TPSA) is 92.3 Å². The number of halogens is 1. The zero-order valence-electron chi connectivity index (χ0n) is 21.2. The quantitative estimate of drug-likeness (QED) is 0.395. The van der Waals surface area contributed by atoms with Gasteiger partial charge in [0.25, 0.3) is 0 Å². The van der Waals surface area contributed by atoms with E-state index < -0.39 is 21.9 Å². The minimum absolute atomic E-state index is 0.110. The Balaban J connectivity index is 1.41. The summed E-state index contributed by atoms with van der Waals surface area (Å²) in [5.41, 5.74) is 0.215. The van der Waals surface area contributed by atoms with Gasteiger partial charge in [-0.2, -0.15) is 4.31 Å². The largest absolute Gasteiger partial charge is 0.497 e. The van der Waals surface area contributed by atoms with Gasteiger partial charge in [0.1, 0.15) is 23.1 Å². The Labute approximate surface area is 225 Å². The van der Waals surface area contributed by atoms with Crippen LogP contribution in [0.25, 0.3) is 10.2 Å². The molecule has 12 heteroatoms. The number of hydrogen-bond donors (Lipinski definition) is 0. The predicted octanol–water partition coefficient (Wildman–Crippen LogP) is 3.35. The van der Waals surface area contributed by atoms with Gasteiger partial charge in [0.2, 0.25) is 15.9 Å². The highest BCUT2D eigenvalue weighted by atomic mass is 32.2. The number of rotatable bonds is 9. The lowest BCUT2D eigenvalue weighted by Crippen LogP contribution is -2.48. The van der Waals surface area contributed by atoms with Gasteiger partial charge in [-0.1, -0.05) is 17.4 Å². The van der Waals surface area contributed by atoms with Crippen LogP contribution < -0.4 is 9.64 Å². The summed E-state index contributed by atoms with van der Waals surface area (Å²) in [4.78, 5) is 22.4. The highest BCUT2D eigenvalue weighted by Gasteiger charge is 2.42. The number of nitrogens with zero attached hydrogens (tertiary/aromatic N) is 4. The molecule has 2 saturated heterocycles. The second-order valence-corrected chi connectivity index (χ2v) is 12.2. The zero-order chi connectivity index (χ0) is 26.7. The molecule has 1 aromatic heterocycles. The Morgan fingerprint density at radius 1 is 1.18 bits per heavy atom. The fourth-order valence-electron chi connectivity index (χ4n) is 4.93. The van der Waals surface area contributed by atoms with E-state index in [0.717, 1.165) is 19.6 Å². The van der Waals surface area contributed by atoms with E-state index in [2.05, 4.69) is 9.88 Å². The number of aromatic nitrogens is 1. The average molecular weight is 563 g/mol. The number of para-hydroxylation sites is 1. The summed E-state index contributed by atoms with van der Waals surface area (Å²) in [6, 6.07) is 10.0. The second kappa shape index (κ2) is 11.6. The summed E-state index contributed by atoms with van der Waals surface area (Å²) in [5, 5.41) is 0.380. The van der Waals surface area contributed by atoms with Crippen LogP contribution in [0.3, 0.4) is 0 Å². The molecule has 1 amide bonds. The first-order valence-electron chi connectivity index (χ1n) is 12.7. The number of thiazole rings is 1. The first kappa shape index (κ1) is 26.9. The molecule has 2 aliphatic heterocycles. The van der Waals surface area contributed by atoms with Gasteiger partial charge < -0.3 is 9.47 Å². The average Bonchev–Trinajstić information content (AvgIpc) is 3.60. The molecule has 1 atom stereocenters. The number of methoxy groups -OCH3 is 1. The van der Waals surface area contributed by atoms with Gasteiger partial charge in [-0.25, -0.2) is 17.8 Å². The van der Waals surface area contributed by atoms with Crippen LogP contribution in [0.5, 0.6) is 5.75 Å². The molecular weight excluding hydrogens is 531 g/mol. The minimum atomic E-state index is -3.91. The van der Waals surface area contributed by atoms with E-state index in [9.17, 15) is 17.6 Å². The van der Waals surface area contributed by atoms with Gasteiger partial charge in [-0.05, 0) is 55.7 Å². The summed E-state index contributed by atoms with van der Waals surface area (Å²) >= 11 is 1.24. The number of morpholine rings is 1. The molecule has 0 spiro atoms. The fraction of sp³-hybridized carbons (Fsp3) is 0.462. The Morgan fingerprint density at radius 2 is 1.95 bits per heavy atom. The van der Waals surface area contributed by atoms with Crippen molar-refractivity contribution in [3.8, 4) is 5.75 Å². The molecule has 0 radical (unpaired) electrons. The Kier molecular flexibility index (Phi) is 8.24. The van der Waals surface area contributed by atoms with E-state index in [4.69, 9.17) is 9.47 Å². The standard InChI is InChI=1S/C26H31FN4O5S2/c1-35-19-8-10-20(11-9-19)38(33,34)31-14-3-6-22(31)25(32)30(13-4-12-29-15-17-36-18-16-29)26-28-24-21(27)5-2-7-23(24)37-26/h2,5,7-11,22H,3-4,6,12-18H2,1H3. The van der Waals surface area contributed by atoms with Crippen LogP contribution in [0, 0.1) is 5.82 Å². The number of amides is 1. The molecule has 3 aromatic rings. The van der Waals surface area contributed by atoms with Crippen molar-refractivity contribution >= 4 is 42.6 Å². The normalized spacial score (nSPS) is 19.2. The molecule has 1 unspecified atom stereocenters. The van der Waals surface area contributed by atoms with Gasteiger partial charge >= 0.3 is 0 Å². The van der Waals surface area contributed by atoms with E-state index >= 15 is 0 Å². The smallest absolute Gasteiger partial charge is 0.247 e. The summed E-state index contributed by atoms with van der Waals surface area (Å²) in [5.74, 6) is -0.233. The fourth-order valence-corrected chi connectivity index (χ4v) is 7.60. The molecule has 0 bridgehead atoms. The molecule has 2 aromatic carbocycles. The Morgan fingerprint density at radius 3 is 2.66 bits per heavy atom. The third-order valence-electron chi connectivity index (χ3n) is 6.97. The zero-order valence-corrected chi connectivity index (χ0v) is 22.8. The molecule has 204 valence electrons. The van der Waals surface area contributed by atoms with E-state index in [0.29, 0.717) is 54.6 Å². The van der Waals surface area contributed by atoms with Crippen molar-refractivity contribution in [2.24, 2.45) is 0 Å². The maximum Gasteiger partial charge on any atom is 0.247 e. The number of anilines is 1. The van der Waals surface area contributed by atoms with Gasteiger partial charge in [-0.3, -0.25) is 14.6 Å². The molecule has 9 nitrogen and oxygen atoms in total. The second-order valence-electron chi connectivity index (χ2n) is 9.33. The Bertz CT molecular complexity index is 1380. The first-order valence-corrected chi connectivity index (χ1v) is 15.0. The van der Waals surface area contributed by atoms with Crippen LogP contribution in [0.2, 0.25) is 0 Å². The maximum absolute atomic E-state index is 14.4. The third-order valence-corrected chi connectivity index (χ3v) is 9.94. The van der Waals surface area contributed by atoms with Crippen molar-refractivity contribution in [1.29, 1.82) is 0 Å². The van der Waals surface area contributed by atoms with Crippen molar-refractivity contribution < 1.29 is 27.1 Å². The van der Waals surface area contributed by atoms with E-state index in [-0.39, 0.29) is 22.9 Å². The van der Waals surface area contributed by atoms with Gasteiger partial charge in [-0.15, -0.1) is 0 Å². The highest BCUT2D eigenvalue weighted by molar-refractivity contribution is 7.89. The molecule has 38 heavy (non-hydrogen) atoms. The van der Waals surface area contributed by atoms with Crippen molar-refractivity contribution in [3.63, 3.8) is 0 Å². The number of fused-ring (bicyclic) bond motifs is 1. The van der Waals surface area contributed by atoms with E-state index in [1.54, 1.807) is 29.2 Å². The summed E-state index contributed by atoms with van der Waals surface area (Å²) in [6.07, 6.45) is 1.65. The van der Waals surface area contributed by atoms with Crippen LogP contribution >= 0.6 is 11.3 Å². The molecular formula is C26H31FN4O5S2. The van der Waals surface area contributed by atoms with Crippen LogP contribution in [0.1, 0.15) is 19.3 Å². The number of hydrogen-bond acceptors (Lipinski definition) is 8. The number of carbonyl (C=O) groups excluding carboxylic acids is 1. The summed E-state index contributed by atoms with van der Waals surface area (Å²) < 4.78 is 54.0. The number of carbonyl (C=O) groups is 1. The lowest BCUT2D eigenvalue weighted by Gasteiger charge is -2.30. The molecule has 0 saturated carbocycles. The van der Waals surface area contributed by atoms with Crippen LogP contribution in [-0.4, -0.2) is 87.6 Å². The molecule has 3 heterocycles. The maximum atomic E-state index is 14.4. The van der Waals surface area contributed by atoms with Crippen LogP contribution in [0.15, 0.2) is 47.4 Å². The monoisotopic (exact) mass is 562 g/mol. The predicted molar refractivity (Wildman–Crippen MR) is 144 cm³/mol. The summed E-state index contributed by atoms with van der Waals surface area (Å²) in [7, 11) is -2.40. The first-order chi connectivity index (χ1) is 18.4. The van der Waals surface area contributed by atoms with Gasteiger partial charge in [0, 0.05) is 32.7 Å². The van der Waals surface area contributed by atoms with Crippen molar-refractivity contribution in [3.05, 3.63) is 48.3 Å². The third kappa shape index (κ3) is 5.55. The Hall–Kier alpha value is -2.64. The number of sulfonamides is 1. The van der Waals surface area contributed by atoms with Crippen molar-refractivity contribution in [1.82, 2.24) is 14.2 Å². The van der Waals surface area contributed by atoms with Gasteiger partial charge in [0.15, 0.2) is 5.13 Å². The SMILES string of the molecule is COc1ccc(S(=O)(=O)N2CCCC2C(=O)N(CCCN2CCOCC2)c2nc3c(F)cccc3s2)cc1. The van der Waals surface area contributed by atoms with Crippen LogP contribution in [-0.2, 0) is 19.6 Å². The summed E-state index contributed by atoms with van der Waals surface area (Å²) in [6.45, 7) is 4.39. The number of benzene rings is 2. The van der Waals surface area contributed by atoms with Crippen molar-refractivity contribution in [2.75, 3.05) is 57.9 Å². The molecule has 2 fully saturated rings. The molecule has 5 rings (SSSR count). The lowest BCUT2D eigenvalue weighted by molar-refractivity contribution is -0.121. The van der Waals surface area contributed by atoms with Crippen LogP contribution in [0.4, 0.5) is 9.52 Å². The lowest BCUT2D eigenvalue weighted by atomic mass is 10.2. The number of ether oxygens (including phenoxy) is 2. The minimum Gasteiger partial charge on any atom is -0.497 e. The highest BCUT2D eigenvalue weighted by Crippen LogP contribution is 2.34. The van der Waals surface area contributed by atoms with E-state index in [1.165, 1.54) is 41.0 Å². The van der Waals surface area contributed by atoms with Gasteiger partial charge in [0.05, 0.1) is 29.9 Å². The molecule has 0 aliphatic carbocycles. The van der Waals surface area contributed by atoms with E-state index in [1.807, 2.05) is 0 Å².